The SMILES string of the molecule is Nc1ccccc1/C([O-])=N/N=C/c1ccccc1[O-].[Mo].[O-2].[O-2]. The summed E-state index contributed by atoms with van der Waals surface area (Å²) in [4.78, 5) is 0. The van der Waals surface area contributed by atoms with Crippen molar-refractivity contribution in [2.45, 2.75) is 0 Å². The maximum absolute atomic E-state index is 11.7. The largest absolute Gasteiger partial charge is 2.00 e. The van der Waals surface area contributed by atoms with Crippen LogP contribution in [0.15, 0.2) is 58.7 Å². The molecule has 0 atom stereocenters. The van der Waals surface area contributed by atoms with Crippen LogP contribution in [0.5, 0.6) is 5.75 Å². The van der Waals surface area contributed by atoms with Crippen LogP contribution in [0.3, 0.4) is 0 Å². The van der Waals surface area contributed by atoms with Gasteiger partial charge in [-0.3, -0.25) is 0 Å². The van der Waals surface area contributed by atoms with Crippen LogP contribution < -0.4 is 15.9 Å². The molecule has 0 saturated carbocycles. The van der Waals surface area contributed by atoms with Crippen LogP contribution in [0, 0.1) is 0 Å². The van der Waals surface area contributed by atoms with Crippen LogP contribution in [0.2, 0.25) is 0 Å². The van der Waals surface area contributed by atoms with Gasteiger partial charge in [-0.25, -0.2) is 0 Å². The Bertz CT molecular complexity index is 647. The van der Waals surface area contributed by atoms with Crippen molar-refractivity contribution in [3.8, 4) is 5.75 Å². The molecule has 0 aromatic heterocycles. The molecule has 22 heavy (non-hydrogen) atoms. The number of hydrogen-bond donors (Lipinski definition) is 1. The van der Waals surface area contributed by atoms with Crippen molar-refractivity contribution in [1.29, 1.82) is 0 Å². The zero-order valence-electron chi connectivity index (χ0n) is 11.2. The van der Waals surface area contributed by atoms with Gasteiger partial charge in [0.2, 0.25) is 0 Å². The topological polar surface area (TPSA) is 154 Å². The fraction of sp³-hybridized carbons (Fsp3) is 0. The second kappa shape index (κ2) is 10.5. The molecule has 2 aromatic rings. The fourth-order valence-corrected chi connectivity index (χ4v) is 1.48. The molecule has 0 aliphatic carbocycles. The van der Waals surface area contributed by atoms with E-state index in [1.165, 1.54) is 12.3 Å². The predicted octanol–water partition coefficient (Wildman–Crippen LogP) is 0.243. The Morgan fingerprint density at radius 1 is 1.00 bits per heavy atom. The van der Waals surface area contributed by atoms with Gasteiger partial charge in [0.25, 0.3) is 0 Å². The van der Waals surface area contributed by atoms with E-state index in [-0.39, 0.29) is 43.3 Å². The molecule has 118 valence electrons. The van der Waals surface area contributed by atoms with Crippen molar-refractivity contribution in [2.75, 3.05) is 5.73 Å². The Labute approximate surface area is 141 Å². The van der Waals surface area contributed by atoms with Gasteiger partial charge in [-0.05, 0) is 11.6 Å². The molecule has 0 heterocycles. The first kappa shape index (κ1) is 22.1. The summed E-state index contributed by atoms with van der Waals surface area (Å²) in [5.74, 6) is -0.717. The van der Waals surface area contributed by atoms with E-state index in [2.05, 4.69) is 10.2 Å². The van der Waals surface area contributed by atoms with Crippen LogP contribution in [0.25, 0.3) is 0 Å². The molecule has 0 unspecified atom stereocenters. The van der Waals surface area contributed by atoms with Crippen LogP contribution in [0.4, 0.5) is 5.69 Å². The standard InChI is InChI=1S/C14H13N3O2.Mo.2O/c15-12-7-3-2-6-11(12)14(19)17-16-9-10-5-1-4-8-13(10)18;;;/h1-9,18H,15H2,(H,17,19);;;/q;;2*-2/p-2/b16-9+;;;. The molecule has 0 aliphatic rings. The van der Waals surface area contributed by atoms with Gasteiger partial charge in [0.15, 0.2) is 0 Å². The molecule has 0 bridgehead atoms. The average Bonchev–Trinajstić information content (AvgIpc) is 2.41. The van der Waals surface area contributed by atoms with Gasteiger partial charge in [0.1, 0.15) is 0 Å². The van der Waals surface area contributed by atoms with Crippen molar-refractivity contribution in [1.82, 2.24) is 0 Å². The monoisotopic (exact) mass is 383 g/mol. The Morgan fingerprint density at radius 2 is 1.59 bits per heavy atom. The van der Waals surface area contributed by atoms with Crippen LogP contribution in [-0.2, 0) is 32.0 Å². The molecular weight excluding hydrogens is 370 g/mol. The summed E-state index contributed by atoms with van der Waals surface area (Å²) in [5.41, 5.74) is 6.65. The maximum Gasteiger partial charge on any atom is 0.0561 e. The number of rotatable bonds is 3. The zero-order valence-corrected chi connectivity index (χ0v) is 13.2. The number of para-hydroxylation sites is 2. The minimum Gasteiger partial charge on any atom is -2.00 e. The van der Waals surface area contributed by atoms with Gasteiger partial charge in [-0.15, -0.1) is 0 Å². The third kappa shape index (κ3) is 5.65. The van der Waals surface area contributed by atoms with E-state index < -0.39 is 5.90 Å². The van der Waals surface area contributed by atoms with Crippen molar-refractivity contribution in [3.63, 3.8) is 0 Å². The molecule has 0 spiro atoms. The molecule has 8 heteroatoms. The van der Waals surface area contributed by atoms with Gasteiger partial charge in [-0.2, -0.15) is 10.2 Å². The summed E-state index contributed by atoms with van der Waals surface area (Å²) >= 11 is 0. The van der Waals surface area contributed by atoms with E-state index in [4.69, 9.17) is 5.73 Å². The number of anilines is 1. The van der Waals surface area contributed by atoms with Gasteiger partial charge < -0.3 is 26.9 Å². The van der Waals surface area contributed by atoms with Gasteiger partial charge in [0.05, 0.1) is 6.21 Å². The number of benzene rings is 2. The van der Waals surface area contributed by atoms with Gasteiger partial charge >= 0.3 is 0 Å². The Balaban J connectivity index is 0. The third-order valence-corrected chi connectivity index (χ3v) is 2.46. The Hall–Kier alpha value is -2.21. The summed E-state index contributed by atoms with van der Waals surface area (Å²) in [6, 6.07) is 12.9. The Morgan fingerprint density at radius 3 is 2.23 bits per heavy atom. The average molecular weight is 381 g/mol. The number of nitrogens with zero attached hydrogens (tertiary/aromatic N) is 2. The zero-order chi connectivity index (χ0) is 13.7. The van der Waals surface area contributed by atoms with Gasteiger partial charge in [0, 0.05) is 38.2 Å². The third-order valence-electron chi connectivity index (χ3n) is 2.46. The Kier molecular flexibility index (Phi) is 10.5. The van der Waals surface area contributed by atoms with Crippen LogP contribution >= 0.6 is 0 Å². The van der Waals surface area contributed by atoms with E-state index in [1.54, 1.807) is 42.5 Å². The smallest absolute Gasteiger partial charge is 0.0561 e. The molecule has 2 aromatic carbocycles. The number of nitrogen functional groups attached to an aromatic ring is 1. The van der Waals surface area contributed by atoms with Gasteiger partial charge in [-0.1, -0.05) is 48.2 Å². The first-order valence-electron chi connectivity index (χ1n) is 5.57. The van der Waals surface area contributed by atoms with Crippen molar-refractivity contribution >= 4 is 17.8 Å². The fourth-order valence-electron chi connectivity index (χ4n) is 1.48. The summed E-state index contributed by atoms with van der Waals surface area (Å²) in [7, 11) is 0. The van der Waals surface area contributed by atoms with E-state index in [0.717, 1.165) is 0 Å². The summed E-state index contributed by atoms with van der Waals surface area (Å²) < 4.78 is 0. The van der Waals surface area contributed by atoms with Crippen molar-refractivity contribution in [3.05, 3.63) is 59.7 Å². The van der Waals surface area contributed by atoms with Crippen molar-refractivity contribution < 1.29 is 42.2 Å². The second-order valence-corrected chi connectivity index (χ2v) is 3.77. The summed E-state index contributed by atoms with van der Waals surface area (Å²) in [6.07, 6.45) is 1.25. The van der Waals surface area contributed by atoms with Crippen LogP contribution in [0.1, 0.15) is 11.1 Å². The second-order valence-electron chi connectivity index (χ2n) is 3.77. The molecular formula is C14H11MoN3O4-6. The first-order valence-corrected chi connectivity index (χ1v) is 5.57. The molecule has 0 amide bonds. The summed E-state index contributed by atoms with van der Waals surface area (Å²) in [5, 5.41) is 30.2. The molecule has 0 saturated heterocycles. The quantitative estimate of drug-likeness (QED) is 0.266. The predicted molar refractivity (Wildman–Crippen MR) is 72.2 cm³/mol. The van der Waals surface area contributed by atoms with E-state index in [0.29, 0.717) is 11.3 Å². The minimum absolute atomic E-state index is 0. The molecule has 0 aliphatic heterocycles. The van der Waals surface area contributed by atoms with Crippen molar-refractivity contribution in [2.24, 2.45) is 10.2 Å². The summed E-state index contributed by atoms with van der Waals surface area (Å²) in [6.45, 7) is 0. The van der Waals surface area contributed by atoms with E-state index in [9.17, 15) is 10.2 Å². The number of nitrogens with two attached hydrogens (primary N) is 1. The number of hydrogen-bond acceptors (Lipinski definition) is 5. The van der Waals surface area contributed by atoms with E-state index in [1.807, 2.05) is 0 Å². The minimum atomic E-state index is -0.544. The molecule has 0 fully saturated rings. The molecule has 2 N–H and O–H groups in total. The van der Waals surface area contributed by atoms with E-state index >= 15 is 0 Å². The normalized spacial score (nSPS) is 10.3. The molecule has 7 nitrogen and oxygen atoms in total. The maximum atomic E-state index is 11.7. The first-order chi connectivity index (χ1) is 9.18. The van der Waals surface area contributed by atoms with Crippen LogP contribution in [-0.4, -0.2) is 12.1 Å². The molecule has 0 radical (unpaired) electrons. The molecule has 2 rings (SSSR count).